The van der Waals surface area contributed by atoms with Crippen LogP contribution >= 0.6 is 0 Å². The molecule has 5 rings (SSSR count). The van der Waals surface area contributed by atoms with Crippen molar-refractivity contribution in [2.45, 2.75) is 31.6 Å². The van der Waals surface area contributed by atoms with Crippen LogP contribution in [0.4, 0.5) is 5.82 Å². The molecule has 2 aliphatic rings. The van der Waals surface area contributed by atoms with Gasteiger partial charge in [0.2, 0.25) is 0 Å². The van der Waals surface area contributed by atoms with Gasteiger partial charge < -0.3 is 20.8 Å². The lowest BCUT2D eigenvalue weighted by Crippen LogP contribution is -2.18. The monoisotopic (exact) mass is 441 g/mol. The summed E-state index contributed by atoms with van der Waals surface area (Å²) in [5.41, 5.74) is 12.4. The molecule has 33 heavy (non-hydrogen) atoms. The number of aliphatic imine (C=N–C) groups is 1. The summed E-state index contributed by atoms with van der Waals surface area (Å²) in [6.45, 7) is 1.55. The van der Waals surface area contributed by atoms with Crippen LogP contribution in [0.5, 0.6) is 0 Å². The van der Waals surface area contributed by atoms with E-state index in [9.17, 15) is 4.79 Å². The van der Waals surface area contributed by atoms with Crippen molar-refractivity contribution in [1.29, 1.82) is 0 Å². The van der Waals surface area contributed by atoms with E-state index in [1.165, 1.54) is 11.3 Å². The van der Waals surface area contributed by atoms with Crippen LogP contribution in [0.15, 0.2) is 65.9 Å². The highest BCUT2D eigenvalue weighted by Gasteiger charge is 2.27. The third-order valence-electron chi connectivity index (χ3n) is 6.24. The van der Waals surface area contributed by atoms with Crippen LogP contribution in [-0.2, 0) is 11.2 Å². The average Bonchev–Trinajstić information content (AvgIpc) is 3.22. The maximum absolute atomic E-state index is 12.6. The average molecular weight is 442 g/mol. The highest BCUT2D eigenvalue weighted by atomic mass is 16.5. The molecule has 1 fully saturated rings. The summed E-state index contributed by atoms with van der Waals surface area (Å²) in [5, 5.41) is 2.82. The predicted molar refractivity (Wildman–Crippen MR) is 129 cm³/mol. The van der Waals surface area contributed by atoms with E-state index in [0.29, 0.717) is 23.1 Å². The van der Waals surface area contributed by atoms with Crippen molar-refractivity contribution in [2.75, 3.05) is 18.5 Å². The molecule has 2 aliphatic heterocycles. The Balaban J connectivity index is 1.49. The van der Waals surface area contributed by atoms with Gasteiger partial charge in [0.05, 0.1) is 5.69 Å². The molecule has 2 aromatic heterocycles. The number of amidine groups is 1. The lowest BCUT2D eigenvalue weighted by atomic mass is 9.90. The van der Waals surface area contributed by atoms with Crippen molar-refractivity contribution in [2.24, 2.45) is 10.7 Å². The molecular weight excluding hydrogens is 414 g/mol. The number of hydrogen-bond acceptors (Lipinski definition) is 5. The number of amides is 1. The van der Waals surface area contributed by atoms with Crippen LogP contribution in [0.25, 0.3) is 11.3 Å². The number of aromatic nitrogens is 2. The van der Waals surface area contributed by atoms with E-state index >= 15 is 0 Å². The molecule has 0 aliphatic carbocycles. The Morgan fingerprint density at radius 3 is 2.70 bits per heavy atom. The number of hydrogen-bond donors (Lipinski definition) is 3. The SMILES string of the molecule is NC1=N/C=C\CCc2c(C3CCOCC3)[nH]c(-c3ccc(C(=O)Nc4ccccn4)cc3)c21. The second kappa shape index (κ2) is 9.42. The van der Waals surface area contributed by atoms with E-state index < -0.39 is 0 Å². The molecule has 1 amide bonds. The molecule has 0 spiro atoms. The molecule has 3 aromatic rings. The molecule has 4 heterocycles. The largest absolute Gasteiger partial charge is 0.383 e. The van der Waals surface area contributed by atoms with E-state index in [2.05, 4.69) is 26.4 Å². The van der Waals surface area contributed by atoms with Gasteiger partial charge in [-0.1, -0.05) is 24.3 Å². The summed E-state index contributed by atoms with van der Waals surface area (Å²) in [6.07, 6.45) is 9.31. The number of carbonyl (C=O) groups excluding carboxylic acids is 1. The molecule has 7 nitrogen and oxygen atoms in total. The molecule has 1 saturated heterocycles. The molecule has 0 bridgehead atoms. The van der Waals surface area contributed by atoms with E-state index in [-0.39, 0.29) is 5.91 Å². The topological polar surface area (TPSA) is 105 Å². The fourth-order valence-electron chi connectivity index (χ4n) is 4.56. The van der Waals surface area contributed by atoms with Crippen LogP contribution < -0.4 is 11.1 Å². The van der Waals surface area contributed by atoms with Gasteiger partial charge in [-0.3, -0.25) is 4.79 Å². The quantitative estimate of drug-likeness (QED) is 0.558. The van der Waals surface area contributed by atoms with Crippen molar-refractivity contribution in [3.05, 3.63) is 83.3 Å². The Hall–Kier alpha value is -3.71. The first-order valence-electron chi connectivity index (χ1n) is 11.3. The van der Waals surface area contributed by atoms with E-state index in [4.69, 9.17) is 10.5 Å². The maximum atomic E-state index is 12.6. The minimum atomic E-state index is -0.198. The van der Waals surface area contributed by atoms with Crippen LogP contribution in [0.1, 0.15) is 52.4 Å². The number of ether oxygens (including phenoxy) is 1. The number of allylic oxidation sites excluding steroid dienone is 1. The number of rotatable bonds is 4. The highest BCUT2D eigenvalue weighted by Crippen LogP contribution is 2.37. The fourth-order valence-corrected chi connectivity index (χ4v) is 4.56. The number of fused-ring (bicyclic) bond motifs is 1. The zero-order chi connectivity index (χ0) is 22.6. The van der Waals surface area contributed by atoms with Crippen LogP contribution in [0.2, 0.25) is 0 Å². The van der Waals surface area contributed by atoms with Gasteiger partial charge in [0.25, 0.3) is 5.91 Å². The Morgan fingerprint density at radius 2 is 1.94 bits per heavy atom. The van der Waals surface area contributed by atoms with E-state index in [1.807, 2.05) is 36.4 Å². The fraction of sp³-hybridized carbons (Fsp3) is 0.269. The summed E-state index contributed by atoms with van der Waals surface area (Å²) in [5.74, 6) is 1.26. The second-order valence-electron chi connectivity index (χ2n) is 8.34. The summed E-state index contributed by atoms with van der Waals surface area (Å²) in [4.78, 5) is 24.9. The Morgan fingerprint density at radius 1 is 1.12 bits per heavy atom. The minimum Gasteiger partial charge on any atom is -0.383 e. The van der Waals surface area contributed by atoms with Crippen molar-refractivity contribution in [3.8, 4) is 11.3 Å². The number of pyridine rings is 1. The van der Waals surface area contributed by atoms with Crippen molar-refractivity contribution >= 4 is 17.6 Å². The number of H-pyrrole nitrogens is 1. The van der Waals surface area contributed by atoms with Gasteiger partial charge in [-0.05, 0) is 61.1 Å². The van der Waals surface area contributed by atoms with Crippen LogP contribution in [0.3, 0.4) is 0 Å². The zero-order valence-corrected chi connectivity index (χ0v) is 18.4. The van der Waals surface area contributed by atoms with Crippen molar-refractivity contribution in [3.63, 3.8) is 0 Å². The zero-order valence-electron chi connectivity index (χ0n) is 18.4. The summed E-state index contributed by atoms with van der Waals surface area (Å²) < 4.78 is 5.58. The van der Waals surface area contributed by atoms with Gasteiger partial charge >= 0.3 is 0 Å². The standard InChI is InChI=1S/C26H27N5O2/c27-25-22-20(5-1-3-14-29-25)23(18-11-15-33-16-12-18)31-24(22)17-7-9-19(10-8-17)26(32)30-21-6-2-4-13-28-21/h2-4,6-10,13-14,18,31H,1,5,11-12,15-16H2,(H2,27,29)(H,28,30,32)/b14-3-. The number of nitrogens with zero attached hydrogens (tertiary/aromatic N) is 2. The van der Waals surface area contributed by atoms with E-state index in [1.54, 1.807) is 18.5 Å². The lowest BCUT2D eigenvalue weighted by Gasteiger charge is -2.23. The first-order chi connectivity index (χ1) is 16.2. The normalized spacial score (nSPS) is 17.4. The molecule has 4 N–H and O–H groups in total. The molecule has 0 atom stereocenters. The number of aromatic amines is 1. The van der Waals surface area contributed by atoms with Gasteiger partial charge in [-0.15, -0.1) is 0 Å². The van der Waals surface area contributed by atoms with Gasteiger partial charge in [0.15, 0.2) is 0 Å². The van der Waals surface area contributed by atoms with Gasteiger partial charge in [0, 0.05) is 48.3 Å². The first-order valence-corrected chi connectivity index (χ1v) is 11.3. The number of benzene rings is 1. The molecule has 0 unspecified atom stereocenters. The molecule has 168 valence electrons. The third-order valence-corrected chi connectivity index (χ3v) is 6.24. The molecule has 0 saturated carbocycles. The molecule has 0 radical (unpaired) electrons. The smallest absolute Gasteiger partial charge is 0.256 e. The van der Waals surface area contributed by atoms with Crippen molar-refractivity contribution < 1.29 is 9.53 Å². The molecule has 1 aromatic carbocycles. The first kappa shape index (κ1) is 21.2. The summed E-state index contributed by atoms with van der Waals surface area (Å²) in [7, 11) is 0. The Labute approximate surface area is 192 Å². The number of anilines is 1. The minimum absolute atomic E-state index is 0.198. The Kier molecular flexibility index (Phi) is 6.04. The van der Waals surface area contributed by atoms with Gasteiger partial charge in [-0.25, -0.2) is 9.98 Å². The third kappa shape index (κ3) is 4.45. The second-order valence-corrected chi connectivity index (χ2v) is 8.34. The van der Waals surface area contributed by atoms with Crippen LogP contribution in [0, 0.1) is 0 Å². The number of carbonyl (C=O) groups is 1. The maximum Gasteiger partial charge on any atom is 0.256 e. The highest BCUT2D eigenvalue weighted by molar-refractivity contribution is 6.06. The lowest BCUT2D eigenvalue weighted by molar-refractivity contribution is 0.0844. The van der Waals surface area contributed by atoms with Crippen LogP contribution in [-0.4, -0.2) is 34.9 Å². The predicted octanol–water partition coefficient (Wildman–Crippen LogP) is 4.39. The number of nitrogens with one attached hydrogen (secondary N) is 2. The summed E-state index contributed by atoms with van der Waals surface area (Å²) >= 11 is 0. The van der Waals surface area contributed by atoms with E-state index in [0.717, 1.165) is 55.7 Å². The molecule has 7 heteroatoms. The van der Waals surface area contributed by atoms with Crippen molar-refractivity contribution in [1.82, 2.24) is 9.97 Å². The number of nitrogens with two attached hydrogens (primary N) is 1. The van der Waals surface area contributed by atoms with Gasteiger partial charge in [-0.2, -0.15) is 0 Å². The summed E-state index contributed by atoms with van der Waals surface area (Å²) in [6, 6.07) is 13.0. The molecular formula is C26H27N5O2. The Bertz CT molecular complexity index is 1190. The van der Waals surface area contributed by atoms with Gasteiger partial charge in [0.1, 0.15) is 11.7 Å².